The van der Waals surface area contributed by atoms with Gasteiger partial charge < -0.3 is 20.7 Å². The fourth-order valence-corrected chi connectivity index (χ4v) is 2.37. The second kappa shape index (κ2) is 5.88. The van der Waals surface area contributed by atoms with Gasteiger partial charge >= 0.3 is 0 Å². The van der Waals surface area contributed by atoms with Gasteiger partial charge in [0, 0.05) is 30.9 Å². The quantitative estimate of drug-likeness (QED) is 0.363. The molecule has 0 saturated carbocycles. The monoisotopic (exact) mass is 263 g/mol. The number of pyridine rings is 1. The van der Waals surface area contributed by atoms with Crippen molar-refractivity contribution in [1.29, 1.82) is 0 Å². The lowest BCUT2D eigenvalue weighted by atomic mass is 10.0. The lowest BCUT2D eigenvalue weighted by Gasteiger charge is -2.36. The molecule has 1 saturated heterocycles. The van der Waals surface area contributed by atoms with E-state index in [1.807, 2.05) is 12.1 Å². The van der Waals surface area contributed by atoms with Crippen LogP contribution in [0.25, 0.3) is 0 Å². The number of piperidine rings is 1. The Balaban J connectivity index is 2.09. The zero-order valence-electron chi connectivity index (χ0n) is 11.5. The summed E-state index contributed by atoms with van der Waals surface area (Å²) in [6, 6.07) is 4.32. The molecule has 1 aliphatic rings. The van der Waals surface area contributed by atoms with Crippen LogP contribution in [-0.4, -0.2) is 54.2 Å². The van der Waals surface area contributed by atoms with E-state index in [2.05, 4.69) is 34.0 Å². The minimum absolute atomic E-state index is 0.0869. The van der Waals surface area contributed by atoms with Gasteiger partial charge in [-0.05, 0) is 39.1 Å². The van der Waals surface area contributed by atoms with E-state index in [0.717, 1.165) is 18.9 Å². The molecule has 3 N–H and O–H groups in total. The zero-order valence-corrected chi connectivity index (χ0v) is 11.5. The third-order valence-electron chi connectivity index (χ3n) is 3.60. The summed E-state index contributed by atoms with van der Waals surface area (Å²) in [4.78, 5) is 8.94. The number of likely N-dealkylation sites (N-methyl/N-ethyl adjacent to an activating group) is 1. The van der Waals surface area contributed by atoms with Crippen molar-refractivity contribution in [2.75, 3.05) is 32.1 Å². The van der Waals surface area contributed by atoms with Gasteiger partial charge in [0.1, 0.15) is 5.82 Å². The van der Waals surface area contributed by atoms with Crippen molar-refractivity contribution >= 4 is 11.7 Å². The first-order valence-corrected chi connectivity index (χ1v) is 6.47. The lowest BCUT2D eigenvalue weighted by Crippen LogP contribution is -2.45. The van der Waals surface area contributed by atoms with Crippen molar-refractivity contribution in [1.82, 2.24) is 9.88 Å². The molecule has 0 bridgehead atoms. The standard InChI is InChI=1S/C13H21N5O/c1-17(2)11-4-3-7-18(9-11)12-6-5-10(8-15-12)13(14)16-19/h5-6,8,11,19H,3-4,7,9H2,1-2H3,(H2,14,16). The normalized spacial score (nSPS) is 20.9. The SMILES string of the molecule is CN(C)C1CCCN(c2ccc(C(N)=NO)cn2)C1. The van der Waals surface area contributed by atoms with Crippen molar-refractivity contribution in [2.45, 2.75) is 18.9 Å². The van der Waals surface area contributed by atoms with Gasteiger partial charge in [-0.2, -0.15) is 0 Å². The summed E-state index contributed by atoms with van der Waals surface area (Å²) in [5.41, 5.74) is 6.16. The topological polar surface area (TPSA) is 78.0 Å². The minimum atomic E-state index is 0.0869. The maximum absolute atomic E-state index is 8.62. The van der Waals surface area contributed by atoms with Crippen LogP contribution in [0.1, 0.15) is 18.4 Å². The van der Waals surface area contributed by atoms with Crippen LogP contribution in [0.4, 0.5) is 5.82 Å². The Bertz CT molecular complexity index is 443. The van der Waals surface area contributed by atoms with Crippen LogP contribution in [0.2, 0.25) is 0 Å². The molecule has 1 aromatic rings. The first-order chi connectivity index (χ1) is 9.11. The fourth-order valence-electron chi connectivity index (χ4n) is 2.37. The zero-order chi connectivity index (χ0) is 13.8. The van der Waals surface area contributed by atoms with Crippen molar-refractivity contribution < 1.29 is 5.21 Å². The van der Waals surface area contributed by atoms with E-state index in [0.29, 0.717) is 11.6 Å². The summed E-state index contributed by atoms with van der Waals surface area (Å²) in [7, 11) is 4.23. The molecule has 0 radical (unpaired) electrons. The second-order valence-corrected chi connectivity index (χ2v) is 5.10. The predicted molar refractivity (Wildman–Crippen MR) is 75.7 cm³/mol. The number of rotatable bonds is 3. The summed E-state index contributed by atoms with van der Waals surface area (Å²) in [5, 5.41) is 11.6. The van der Waals surface area contributed by atoms with Gasteiger partial charge in [-0.15, -0.1) is 0 Å². The third-order valence-corrected chi connectivity index (χ3v) is 3.60. The average molecular weight is 263 g/mol. The van der Waals surface area contributed by atoms with Crippen LogP contribution >= 0.6 is 0 Å². The van der Waals surface area contributed by atoms with Crippen LogP contribution in [0.5, 0.6) is 0 Å². The van der Waals surface area contributed by atoms with E-state index in [-0.39, 0.29) is 5.84 Å². The average Bonchev–Trinajstić information content (AvgIpc) is 2.46. The Hall–Kier alpha value is -1.82. The van der Waals surface area contributed by atoms with E-state index in [1.54, 1.807) is 6.20 Å². The fraction of sp³-hybridized carbons (Fsp3) is 0.538. The molecule has 1 aliphatic heterocycles. The molecule has 2 rings (SSSR count). The first-order valence-electron chi connectivity index (χ1n) is 6.47. The summed E-state index contributed by atoms with van der Waals surface area (Å²) >= 11 is 0. The highest BCUT2D eigenvalue weighted by Gasteiger charge is 2.22. The molecule has 0 amide bonds. The molecule has 0 spiro atoms. The number of hydrogen-bond acceptors (Lipinski definition) is 5. The van der Waals surface area contributed by atoms with Crippen LogP contribution in [-0.2, 0) is 0 Å². The number of anilines is 1. The highest BCUT2D eigenvalue weighted by Crippen LogP contribution is 2.19. The Morgan fingerprint density at radius 3 is 2.89 bits per heavy atom. The molecule has 2 heterocycles. The van der Waals surface area contributed by atoms with Crippen molar-refractivity contribution in [3.8, 4) is 0 Å². The van der Waals surface area contributed by atoms with E-state index in [4.69, 9.17) is 10.9 Å². The van der Waals surface area contributed by atoms with Gasteiger partial charge in [0.15, 0.2) is 5.84 Å². The molecule has 6 nitrogen and oxygen atoms in total. The Morgan fingerprint density at radius 1 is 1.53 bits per heavy atom. The molecule has 1 fully saturated rings. The molecule has 0 aliphatic carbocycles. The van der Waals surface area contributed by atoms with Gasteiger partial charge in [-0.1, -0.05) is 5.16 Å². The minimum Gasteiger partial charge on any atom is -0.409 e. The summed E-state index contributed by atoms with van der Waals surface area (Å²) in [6.45, 7) is 2.02. The maximum atomic E-state index is 8.62. The maximum Gasteiger partial charge on any atom is 0.171 e. The molecular formula is C13H21N5O. The molecule has 6 heteroatoms. The van der Waals surface area contributed by atoms with Crippen molar-refractivity contribution in [2.24, 2.45) is 10.9 Å². The molecule has 1 atom stereocenters. The van der Waals surface area contributed by atoms with Crippen LogP contribution in [0.15, 0.2) is 23.5 Å². The molecule has 19 heavy (non-hydrogen) atoms. The van der Waals surface area contributed by atoms with Crippen molar-refractivity contribution in [3.05, 3.63) is 23.9 Å². The lowest BCUT2D eigenvalue weighted by molar-refractivity contribution is 0.257. The first kappa shape index (κ1) is 13.6. The number of oxime groups is 1. The third kappa shape index (κ3) is 3.14. The number of nitrogens with zero attached hydrogens (tertiary/aromatic N) is 4. The van der Waals surface area contributed by atoms with Crippen molar-refractivity contribution in [3.63, 3.8) is 0 Å². The van der Waals surface area contributed by atoms with Gasteiger partial charge in [-0.3, -0.25) is 0 Å². The van der Waals surface area contributed by atoms with Gasteiger partial charge in [0.25, 0.3) is 0 Å². The molecule has 104 valence electrons. The largest absolute Gasteiger partial charge is 0.409 e. The number of amidine groups is 1. The van der Waals surface area contributed by atoms with E-state index >= 15 is 0 Å². The smallest absolute Gasteiger partial charge is 0.171 e. The summed E-state index contributed by atoms with van der Waals surface area (Å²) < 4.78 is 0. The highest BCUT2D eigenvalue weighted by molar-refractivity contribution is 5.96. The number of hydrogen-bond donors (Lipinski definition) is 2. The second-order valence-electron chi connectivity index (χ2n) is 5.10. The van der Waals surface area contributed by atoms with Gasteiger partial charge in [-0.25, -0.2) is 4.98 Å². The van der Waals surface area contributed by atoms with Crippen LogP contribution in [0.3, 0.4) is 0 Å². The Labute approximate surface area is 113 Å². The molecule has 1 aromatic heterocycles. The Morgan fingerprint density at radius 2 is 2.32 bits per heavy atom. The van der Waals surface area contributed by atoms with Crippen LogP contribution in [0, 0.1) is 0 Å². The van der Waals surface area contributed by atoms with Gasteiger partial charge in [0.2, 0.25) is 0 Å². The van der Waals surface area contributed by atoms with E-state index in [1.165, 1.54) is 12.8 Å². The molecule has 1 unspecified atom stereocenters. The van der Waals surface area contributed by atoms with Gasteiger partial charge in [0.05, 0.1) is 0 Å². The summed E-state index contributed by atoms with van der Waals surface area (Å²) in [6.07, 6.45) is 4.04. The molecular weight excluding hydrogens is 242 g/mol. The van der Waals surface area contributed by atoms with Crippen LogP contribution < -0.4 is 10.6 Å². The summed E-state index contributed by atoms with van der Waals surface area (Å²) in [5.74, 6) is 1.03. The number of nitrogens with two attached hydrogens (primary N) is 1. The van der Waals surface area contributed by atoms with E-state index < -0.39 is 0 Å². The number of aromatic nitrogens is 1. The Kier molecular flexibility index (Phi) is 4.21. The van der Waals surface area contributed by atoms with E-state index in [9.17, 15) is 0 Å². The molecule has 0 aromatic carbocycles. The highest BCUT2D eigenvalue weighted by atomic mass is 16.4. The predicted octanol–water partition coefficient (Wildman–Crippen LogP) is 0.707.